The third-order valence-corrected chi connectivity index (χ3v) is 16.0. The molecule has 2 bridgehead atoms. The molecule has 63 heavy (non-hydrogen) atoms. The third kappa shape index (κ3) is 10.2. The summed E-state index contributed by atoms with van der Waals surface area (Å²) in [6.07, 6.45) is 13.1. The van der Waals surface area contributed by atoms with Crippen molar-refractivity contribution in [3.8, 4) is 0 Å². The lowest BCUT2D eigenvalue weighted by atomic mass is 9.71. The second-order valence-electron chi connectivity index (χ2n) is 19.2. The van der Waals surface area contributed by atoms with Gasteiger partial charge in [0.2, 0.25) is 0 Å². The summed E-state index contributed by atoms with van der Waals surface area (Å²) in [6, 6.07) is 0. The average molecular weight is 903 g/mol. The number of esters is 1. The van der Waals surface area contributed by atoms with E-state index in [0.29, 0.717) is 43.3 Å². The van der Waals surface area contributed by atoms with Gasteiger partial charge in [-0.15, -0.1) is 0 Å². The van der Waals surface area contributed by atoms with E-state index in [-0.39, 0.29) is 66.2 Å². The highest BCUT2D eigenvalue weighted by atomic mass is 32.2. The molecule has 14 heteroatoms. The van der Waals surface area contributed by atoms with Crippen molar-refractivity contribution in [2.45, 2.75) is 190 Å². The summed E-state index contributed by atoms with van der Waals surface area (Å²) in [5.74, 6) is -2.50. The molecule has 0 aromatic rings. The van der Waals surface area contributed by atoms with Crippen molar-refractivity contribution < 1.29 is 62.4 Å². The van der Waals surface area contributed by atoms with Crippen LogP contribution in [0.25, 0.3) is 0 Å². The van der Waals surface area contributed by atoms with E-state index in [1.165, 1.54) is 0 Å². The van der Waals surface area contributed by atoms with Crippen molar-refractivity contribution >= 4 is 17.7 Å². The van der Waals surface area contributed by atoms with Gasteiger partial charge in [-0.05, 0) is 69.1 Å². The Morgan fingerprint density at radius 2 is 1.63 bits per heavy atom. The fraction of sp³-hybridized carbons (Fsp3) is 0.776. The molecular formula is C49H74O13S. The molecule has 1 aliphatic carbocycles. The topological polar surface area (TPSA) is 150 Å². The van der Waals surface area contributed by atoms with E-state index < -0.39 is 66.4 Å². The van der Waals surface area contributed by atoms with Gasteiger partial charge in [0.15, 0.2) is 18.4 Å². The first-order valence-electron chi connectivity index (χ1n) is 23.2. The Morgan fingerprint density at radius 3 is 2.35 bits per heavy atom. The van der Waals surface area contributed by atoms with Crippen LogP contribution < -0.4 is 0 Å². The van der Waals surface area contributed by atoms with Crippen molar-refractivity contribution in [2.75, 3.05) is 27.1 Å². The molecule has 0 aromatic carbocycles. The number of aliphatic hydroxyl groups is 2. The van der Waals surface area contributed by atoms with Crippen molar-refractivity contribution in [1.29, 1.82) is 0 Å². The number of rotatable bonds is 9. The monoisotopic (exact) mass is 902 g/mol. The van der Waals surface area contributed by atoms with Gasteiger partial charge in [-0.3, -0.25) is 4.79 Å². The molecule has 6 heterocycles. The van der Waals surface area contributed by atoms with Crippen molar-refractivity contribution in [2.24, 2.45) is 23.7 Å². The summed E-state index contributed by atoms with van der Waals surface area (Å²) < 4.78 is 64.7. The molecule has 13 nitrogen and oxygen atoms in total. The quantitative estimate of drug-likeness (QED) is 0.186. The number of aliphatic hydroxyl groups excluding tert-OH is 1. The molecule has 0 saturated carbocycles. The summed E-state index contributed by atoms with van der Waals surface area (Å²) >= 11 is 1.74. The molecule has 20 atom stereocenters. The fourth-order valence-electron chi connectivity index (χ4n) is 10.9. The van der Waals surface area contributed by atoms with Gasteiger partial charge < -0.3 is 57.6 Å². The van der Waals surface area contributed by atoms with Gasteiger partial charge in [-0.1, -0.05) is 70.6 Å². The van der Waals surface area contributed by atoms with Crippen LogP contribution in [0, 0.1) is 23.7 Å². The Labute approximate surface area is 379 Å². The summed E-state index contributed by atoms with van der Waals surface area (Å²) in [5.41, 5.74) is 0.190. The van der Waals surface area contributed by atoms with Crippen molar-refractivity contribution in [1.82, 2.24) is 0 Å². The van der Waals surface area contributed by atoms with Gasteiger partial charge in [-0.25, -0.2) is 0 Å². The Kier molecular flexibility index (Phi) is 16.0. The van der Waals surface area contributed by atoms with Crippen molar-refractivity contribution in [3.05, 3.63) is 59.3 Å². The maximum Gasteiger partial charge on any atom is 0.316 e. The molecule has 0 radical (unpaired) electrons. The average Bonchev–Trinajstić information content (AvgIpc) is 3.60. The first-order valence-corrected chi connectivity index (χ1v) is 24.5. The van der Waals surface area contributed by atoms with Gasteiger partial charge in [0.25, 0.3) is 0 Å². The predicted octanol–water partition coefficient (Wildman–Crippen LogP) is 6.75. The highest BCUT2D eigenvalue weighted by molar-refractivity contribution is 7.99. The van der Waals surface area contributed by atoms with E-state index in [0.717, 1.165) is 12.0 Å². The third-order valence-electron chi connectivity index (χ3n) is 14.7. The number of methoxy groups -OCH3 is 2. The summed E-state index contributed by atoms with van der Waals surface area (Å²) in [6.45, 7) is 16.5. The Hall–Kier alpha value is -1.92. The number of fused-ring (bicyclic) bond motifs is 2. The maximum atomic E-state index is 14.4. The molecule has 1 unspecified atom stereocenters. The van der Waals surface area contributed by atoms with Crippen LogP contribution in [-0.2, 0) is 52.2 Å². The zero-order chi connectivity index (χ0) is 45.4. The molecular weight excluding hydrogens is 829 g/mol. The molecule has 2 N–H and O–H groups in total. The van der Waals surface area contributed by atoms with E-state index >= 15 is 0 Å². The van der Waals surface area contributed by atoms with Crippen LogP contribution in [-0.4, -0.2) is 140 Å². The number of carbonyl (C=O) groups is 1. The maximum absolute atomic E-state index is 14.4. The second-order valence-corrected chi connectivity index (χ2v) is 20.2. The van der Waals surface area contributed by atoms with Crippen LogP contribution in [0.1, 0.15) is 93.9 Å². The zero-order valence-electron chi connectivity index (χ0n) is 39.2. The smallest absolute Gasteiger partial charge is 0.316 e. The van der Waals surface area contributed by atoms with Crippen LogP contribution in [0.2, 0.25) is 0 Å². The molecule has 1 spiro atoms. The lowest BCUT2D eigenvalue weighted by molar-refractivity contribution is -0.309. The predicted molar refractivity (Wildman–Crippen MR) is 239 cm³/mol. The summed E-state index contributed by atoms with van der Waals surface area (Å²) in [7, 11) is 3.43. The number of hydrogen-bond acceptors (Lipinski definition) is 14. The molecule has 4 fully saturated rings. The number of ether oxygens (including phenoxy) is 10. The van der Waals surface area contributed by atoms with E-state index in [1.807, 2.05) is 25.2 Å². The van der Waals surface area contributed by atoms with Crippen molar-refractivity contribution in [3.63, 3.8) is 0 Å². The fourth-order valence-corrected chi connectivity index (χ4v) is 11.9. The van der Waals surface area contributed by atoms with Gasteiger partial charge >= 0.3 is 5.97 Å². The van der Waals surface area contributed by atoms with Gasteiger partial charge in [0, 0.05) is 51.7 Å². The van der Waals surface area contributed by atoms with E-state index in [1.54, 1.807) is 45.1 Å². The molecule has 6 aliphatic heterocycles. The minimum Gasteiger partial charge on any atom is -0.462 e. The van der Waals surface area contributed by atoms with E-state index in [4.69, 9.17) is 47.4 Å². The van der Waals surface area contributed by atoms with Crippen LogP contribution in [0.4, 0.5) is 0 Å². The molecule has 0 amide bonds. The lowest BCUT2D eigenvalue weighted by Crippen LogP contribution is -2.58. The molecule has 7 aliphatic rings. The molecule has 7 rings (SSSR count). The highest BCUT2D eigenvalue weighted by Crippen LogP contribution is 2.47. The Balaban J connectivity index is 1.18. The standard InChI is InChI=1S/C49H74O13S/c1-12-26(2)43-29(5)18-19-48(62-43)24-35-21-34(61-48)17-16-28(4)42(27(3)14-13-15-33-25-55-46-41(50)30(6)20-36(47(51)58-35)49(33,46)52)59-39-22-37(53-9)44(31(7)56-39)60-40-23-38(54-10)45(63-11)32(8)57-40/h13-16,18-20,26-27,29,31-32,34-46,50,52H,12,17,21-25H2,1-11H3/b14-13+,28-16+,33-15+/t26?,27-,29-,31-,32-,34+,35-,36-,37-,38-,39-,40-,41+,42-,43+,44-,45-,46+,48+,49+/m0/s1. The lowest BCUT2D eigenvalue weighted by Gasteiger charge is -2.48. The van der Waals surface area contributed by atoms with Crippen LogP contribution in [0.15, 0.2) is 59.3 Å². The molecule has 354 valence electrons. The van der Waals surface area contributed by atoms with Crippen LogP contribution >= 0.6 is 11.8 Å². The molecule has 4 saturated heterocycles. The van der Waals surface area contributed by atoms with Gasteiger partial charge in [-0.2, -0.15) is 11.8 Å². The summed E-state index contributed by atoms with van der Waals surface area (Å²) in [5, 5.41) is 24.0. The zero-order valence-corrected chi connectivity index (χ0v) is 40.0. The van der Waals surface area contributed by atoms with E-state index in [9.17, 15) is 15.0 Å². The van der Waals surface area contributed by atoms with Crippen LogP contribution in [0.3, 0.4) is 0 Å². The highest BCUT2D eigenvalue weighted by Gasteiger charge is 2.60. The normalized spacial score (nSPS) is 48.6. The van der Waals surface area contributed by atoms with Gasteiger partial charge in [0.05, 0.1) is 54.6 Å². The number of hydrogen-bond donors (Lipinski definition) is 2. The largest absolute Gasteiger partial charge is 0.462 e. The van der Waals surface area contributed by atoms with Gasteiger partial charge in [0.1, 0.15) is 35.9 Å². The first kappa shape index (κ1) is 49.0. The minimum atomic E-state index is -1.82. The Bertz CT molecular complexity index is 1750. The summed E-state index contributed by atoms with van der Waals surface area (Å²) in [4.78, 5) is 14.4. The van der Waals surface area contributed by atoms with Crippen LogP contribution in [0.5, 0.6) is 0 Å². The first-order chi connectivity index (χ1) is 30.0. The Morgan fingerprint density at radius 1 is 0.921 bits per heavy atom. The second kappa shape index (κ2) is 20.5. The molecule has 0 aromatic heterocycles. The minimum absolute atomic E-state index is 0.00100. The van der Waals surface area contributed by atoms with E-state index in [2.05, 4.69) is 60.0 Å². The number of allylic oxidation sites excluding steroid dienone is 2. The number of carbonyl (C=O) groups excluding carboxylic acids is 1. The SMILES string of the molecule is CCC(C)[C@H]1O[C@]2(C=C[C@@H]1C)C[C@@H]1C[C@@H](C/C=C(\C)[C@@H](O[C@H]3C[C@H](OC)[C@@H](O[C@H]4C[C@H](OC)[C@@H](SC)[C@H](C)O4)[C@H](C)O3)[C@@H](C)/C=C/C=C3\CO[C@@H]4[C@H](O)C(C)=C[C@@H](C(=O)O1)[C@]34O)O2. The number of thioether (sulfide) groups is 1.